The molecule has 4 rings (SSSR count). The van der Waals surface area contributed by atoms with Gasteiger partial charge in [-0.2, -0.15) is 0 Å². The first-order valence-electron chi connectivity index (χ1n) is 10.8. The molecule has 1 aliphatic heterocycles. The molecule has 0 saturated carbocycles. The Bertz CT molecular complexity index is 1170. The summed E-state index contributed by atoms with van der Waals surface area (Å²) in [6.07, 6.45) is 2.99. The highest BCUT2D eigenvalue weighted by Crippen LogP contribution is 2.22. The van der Waals surface area contributed by atoms with Gasteiger partial charge in [0.2, 0.25) is 0 Å². The average Bonchev–Trinajstić information content (AvgIpc) is 2.80. The fraction of sp³-hybridized carbons (Fsp3) is 0.333. The molecule has 166 valence electrons. The molecule has 1 amide bonds. The van der Waals surface area contributed by atoms with Gasteiger partial charge in [0.1, 0.15) is 11.1 Å². The SMILES string of the molecule is O=C(NCCC1CCN(Cc2ccccc2)CC1)c1cc2cc([N+](=O)[O-])ccc2oc1=O. The van der Waals surface area contributed by atoms with Crippen molar-refractivity contribution in [3.8, 4) is 0 Å². The second-order valence-electron chi connectivity index (χ2n) is 8.18. The van der Waals surface area contributed by atoms with Crippen molar-refractivity contribution in [2.24, 2.45) is 5.92 Å². The number of rotatable bonds is 7. The van der Waals surface area contributed by atoms with Crippen molar-refractivity contribution in [3.05, 3.63) is 86.3 Å². The van der Waals surface area contributed by atoms with Gasteiger partial charge in [-0.3, -0.25) is 19.8 Å². The summed E-state index contributed by atoms with van der Waals surface area (Å²) in [4.78, 5) is 37.6. The van der Waals surface area contributed by atoms with Crippen LogP contribution in [0.2, 0.25) is 0 Å². The van der Waals surface area contributed by atoms with Crippen molar-refractivity contribution in [1.29, 1.82) is 0 Å². The first-order chi connectivity index (χ1) is 15.5. The van der Waals surface area contributed by atoms with Crippen LogP contribution in [0.1, 0.15) is 35.2 Å². The highest BCUT2D eigenvalue weighted by Gasteiger charge is 2.20. The van der Waals surface area contributed by atoms with Gasteiger partial charge in [-0.25, -0.2) is 4.79 Å². The van der Waals surface area contributed by atoms with Crippen molar-refractivity contribution in [1.82, 2.24) is 10.2 Å². The quantitative estimate of drug-likeness (QED) is 0.344. The van der Waals surface area contributed by atoms with Crippen LogP contribution < -0.4 is 10.9 Å². The highest BCUT2D eigenvalue weighted by atomic mass is 16.6. The Morgan fingerprint density at radius 1 is 1.12 bits per heavy atom. The molecule has 0 radical (unpaired) electrons. The van der Waals surface area contributed by atoms with Gasteiger partial charge in [0.15, 0.2) is 0 Å². The van der Waals surface area contributed by atoms with E-state index in [-0.39, 0.29) is 16.8 Å². The van der Waals surface area contributed by atoms with E-state index in [0.717, 1.165) is 38.9 Å². The summed E-state index contributed by atoms with van der Waals surface area (Å²) in [6, 6.07) is 15.7. The van der Waals surface area contributed by atoms with E-state index in [9.17, 15) is 19.7 Å². The van der Waals surface area contributed by atoms with Gasteiger partial charge in [-0.05, 0) is 56.0 Å². The Balaban J connectivity index is 1.29. The fourth-order valence-corrected chi connectivity index (χ4v) is 4.14. The molecular formula is C24H25N3O5. The first kappa shape index (κ1) is 21.7. The predicted octanol–water partition coefficient (Wildman–Crippen LogP) is 3.73. The largest absolute Gasteiger partial charge is 0.422 e. The van der Waals surface area contributed by atoms with Crippen molar-refractivity contribution in [2.75, 3.05) is 19.6 Å². The van der Waals surface area contributed by atoms with Crippen LogP contribution in [0, 0.1) is 16.0 Å². The molecule has 2 aromatic carbocycles. The predicted molar refractivity (Wildman–Crippen MR) is 121 cm³/mol. The lowest BCUT2D eigenvalue weighted by atomic mass is 9.93. The molecule has 1 aromatic heterocycles. The van der Waals surface area contributed by atoms with Crippen molar-refractivity contribution >= 4 is 22.6 Å². The maximum absolute atomic E-state index is 12.5. The molecule has 32 heavy (non-hydrogen) atoms. The topological polar surface area (TPSA) is 106 Å². The summed E-state index contributed by atoms with van der Waals surface area (Å²) >= 11 is 0. The van der Waals surface area contributed by atoms with Crippen LogP contribution in [0.3, 0.4) is 0 Å². The number of carbonyl (C=O) groups is 1. The Kier molecular flexibility index (Phi) is 6.61. The van der Waals surface area contributed by atoms with Gasteiger partial charge < -0.3 is 9.73 Å². The van der Waals surface area contributed by atoms with Crippen LogP contribution in [0.4, 0.5) is 5.69 Å². The van der Waals surface area contributed by atoms with Crippen LogP contribution in [-0.2, 0) is 6.54 Å². The van der Waals surface area contributed by atoms with E-state index < -0.39 is 16.5 Å². The number of benzene rings is 2. The minimum Gasteiger partial charge on any atom is -0.422 e. The zero-order valence-electron chi connectivity index (χ0n) is 17.7. The first-order valence-corrected chi connectivity index (χ1v) is 10.8. The van der Waals surface area contributed by atoms with Crippen LogP contribution in [-0.4, -0.2) is 35.4 Å². The number of likely N-dealkylation sites (tertiary alicyclic amines) is 1. The number of nitrogens with one attached hydrogen (secondary N) is 1. The third-order valence-corrected chi connectivity index (χ3v) is 5.97. The number of hydrogen-bond acceptors (Lipinski definition) is 6. The summed E-state index contributed by atoms with van der Waals surface area (Å²) in [5.41, 5.74) is 0.502. The molecule has 0 bridgehead atoms. The maximum atomic E-state index is 12.5. The monoisotopic (exact) mass is 435 g/mol. The van der Waals surface area contributed by atoms with E-state index in [0.29, 0.717) is 17.8 Å². The van der Waals surface area contributed by atoms with Gasteiger partial charge >= 0.3 is 5.63 Å². The molecule has 0 unspecified atom stereocenters. The average molecular weight is 435 g/mol. The number of piperidine rings is 1. The second-order valence-corrected chi connectivity index (χ2v) is 8.18. The molecule has 0 spiro atoms. The van der Waals surface area contributed by atoms with Crippen molar-refractivity contribution in [2.45, 2.75) is 25.8 Å². The molecule has 3 aromatic rings. The Labute approximate surface area is 185 Å². The standard InChI is InChI=1S/C24H25N3O5/c28-23(21-15-19-14-20(27(30)31)6-7-22(19)32-24(21)29)25-11-8-17-9-12-26(13-10-17)16-18-4-2-1-3-5-18/h1-7,14-15,17H,8-13,16H2,(H,25,28). The third-order valence-electron chi connectivity index (χ3n) is 5.97. The number of nitro benzene ring substituents is 1. The van der Waals surface area contributed by atoms with E-state index in [4.69, 9.17) is 4.42 Å². The number of carbonyl (C=O) groups excluding carboxylic acids is 1. The lowest BCUT2D eigenvalue weighted by Gasteiger charge is -2.32. The van der Waals surface area contributed by atoms with E-state index >= 15 is 0 Å². The lowest BCUT2D eigenvalue weighted by molar-refractivity contribution is -0.384. The highest BCUT2D eigenvalue weighted by molar-refractivity contribution is 5.96. The minimum absolute atomic E-state index is 0.128. The smallest absolute Gasteiger partial charge is 0.349 e. The third kappa shape index (κ3) is 5.20. The van der Waals surface area contributed by atoms with Gasteiger partial charge in [-0.1, -0.05) is 30.3 Å². The van der Waals surface area contributed by atoms with E-state index in [1.54, 1.807) is 0 Å². The number of amides is 1. The van der Waals surface area contributed by atoms with Crippen LogP contribution in [0.5, 0.6) is 0 Å². The summed E-state index contributed by atoms with van der Waals surface area (Å²) in [6.45, 7) is 3.48. The molecule has 8 nitrogen and oxygen atoms in total. The minimum atomic E-state index is -0.752. The van der Waals surface area contributed by atoms with Gasteiger partial charge in [0.25, 0.3) is 11.6 Å². The zero-order valence-corrected chi connectivity index (χ0v) is 17.7. The molecular weight excluding hydrogens is 410 g/mol. The van der Waals surface area contributed by atoms with E-state index in [1.165, 1.54) is 29.8 Å². The number of hydrogen-bond donors (Lipinski definition) is 1. The number of fused-ring (bicyclic) bond motifs is 1. The van der Waals surface area contributed by atoms with E-state index in [2.05, 4.69) is 34.5 Å². The second kappa shape index (κ2) is 9.74. The molecule has 8 heteroatoms. The van der Waals surface area contributed by atoms with E-state index in [1.807, 2.05) is 6.07 Å². The Morgan fingerprint density at radius 3 is 2.59 bits per heavy atom. The number of nitrogens with zero attached hydrogens (tertiary/aromatic N) is 2. The van der Waals surface area contributed by atoms with Crippen molar-refractivity contribution in [3.63, 3.8) is 0 Å². The summed E-state index contributed by atoms with van der Waals surface area (Å²) in [5, 5.41) is 14.1. The van der Waals surface area contributed by atoms with Gasteiger partial charge in [0.05, 0.1) is 4.92 Å². The summed E-state index contributed by atoms with van der Waals surface area (Å²) in [5.74, 6) is 0.00616. The van der Waals surface area contributed by atoms with Crippen LogP contribution in [0.25, 0.3) is 11.0 Å². The van der Waals surface area contributed by atoms with Crippen LogP contribution in [0.15, 0.2) is 63.8 Å². The normalized spacial score (nSPS) is 15.0. The Hall–Kier alpha value is -3.52. The molecule has 1 N–H and O–H groups in total. The number of non-ortho nitro benzene ring substituents is 1. The molecule has 1 aliphatic rings. The zero-order chi connectivity index (χ0) is 22.5. The van der Waals surface area contributed by atoms with Crippen LogP contribution >= 0.6 is 0 Å². The Morgan fingerprint density at radius 2 is 1.88 bits per heavy atom. The maximum Gasteiger partial charge on any atom is 0.349 e. The summed E-state index contributed by atoms with van der Waals surface area (Å²) < 4.78 is 5.16. The molecule has 1 saturated heterocycles. The molecule has 0 aliphatic carbocycles. The summed E-state index contributed by atoms with van der Waals surface area (Å²) in [7, 11) is 0. The molecule has 2 heterocycles. The molecule has 1 fully saturated rings. The lowest BCUT2D eigenvalue weighted by Crippen LogP contribution is -2.35. The van der Waals surface area contributed by atoms with Gasteiger partial charge in [0, 0.05) is 30.6 Å². The fourth-order valence-electron chi connectivity index (χ4n) is 4.14. The van der Waals surface area contributed by atoms with Gasteiger partial charge in [-0.15, -0.1) is 0 Å². The molecule has 0 atom stereocenters. The van der Waals surface area contributed by atoms with Crippen molar-refractivity contribution < 1.29 is 14.1 Å². The number of nitro groups is 1.